The van der Waals surface area contributed by atoms with E-state index in [4.69, 9.17) is 14.0 Å². The van der Waals surface area contributed by atoms with Crippen LogP contribution < -0.4 is 0 Å². The Morgan fingerprint density at radius 1 is 1.41 bits per heavy atom. The van der Waals surface area contributed by atoms with E-state index in [1.807, 2.05) is 20.8 Å². The summed E-state index contributed by atoms with van der Waals surface area (Å²) < 4.78 is 15.6. The topological polar surface area (TPSA) is 61.6 Å². The van der Waals surface area contributed by atoms with E-state index in [0.29, 0.717) is 23.6 Å². The molecule has 0 radical (unpaired) electrons. The number of nitrogens with zero attached hydrogens (tertiary/aromatic N) is 1. The second kappa shape index (κ2) is 5.31. The number of carbonyl (C=O) groups is 1. The molecular weight excluding hydrogens is 222 g/mol. The minimum absolute atomic E-state index is 0.207. The van der Waals surface area contributed by atoms with Gasteiger partial charge < -0.3 is 14.0 Å². The lowest BCUT2D eigenvalue weighted by Crippen LogP contribution is -2.19. The van der Waals surface area contributed by atoms with Crippen molar-refractivity contribution >= 4 is 5.97 Å². The van der Waals surface area contributed by atoms with Crippen molar-refractivity contribution in [1.29, 1.82) is 0 Å². The number of rotatable bonds is 4. The maximum Gasteiger partial charge on any atom is 0.343 e. The summed E-state index contributed by atoms with van der Waals surface area (Å²) in [5, 5.41) is 3.76. The molecule has 1 rings (SSSR count). The van der Waals surface area contributed by atoms with E-state index < -0.39 is 5.97 Å². The van der Waals surface area contributed by atoms with Crippen molar-refractivity contribution < 1.29 is 18.8 Å². The first-order chi connectivity index (χ1) is 7.85. The van der Waals surface area contributed by atoms with E-state index in [0.717, 1.165) is 0 Å². The van der Waals surface area contributed by atoms with Gasteiger partial charge in [0.1, 0.15) is 12.2 Å². The first kappa shape index (κ1) is 13.7. The molecule has 1 aromatic rings. The van der Waals surface area contributed by atoms with Gasteiger partial charge in [-0.05, 0) is 34.6 Å². The number of aromatic nitrogens is 1. The fraction of sp³-hybridized carbons (Fsp3) is 0.667. The fourth-order valence-electron chi connectivity index (χ4n) is 1.26. The molecule has 0 spiro atoms. The lowest BCUT2D eigenvalue weighted by Gasteiger charge is -2.18. The minimum atomic E-state index is -0.418. The molecule has 0 aliphatic carbocycles. The van der Waals surface area contributed by atoms with Crippen molar-refractivity contribution in [3.8, 4) is 0 Å². The molecule has 0 aromatic carbocycles. The molecular formula is C12H19NO4. The molecule has 0 aliphatic rings. The van der Waals surface area contributed by atoms with Crippen LogP contribution in [-0.2, 0) is 16.1 Å². The standard InChI is InChI=1S/C12H19NO4/c1-6-15-11(14)10-8(2)13-17-9(10)7-16-12(3,4)5/h6-7H2,1-5H3. The number of hydrogen-bond acceptors (Lipinski definition) is 5. The highest BCUT2D eigenvalue weighted by atomic mass is 16.5. The molecule has 1 heterocycles. The third-order valence-corrected chi connectivity index (χ3v) is 2.05. The summed E-state index contributed by atoms with van der Waals surface area (Å²) in [5.74, 6) is -0.00497. The molecule has 0 bridgehead atoms. The Bertz CT molecular complexity index is 390. The highest BCUT2D eigenvalue weighted by Crippen LogP contribution is 2.19. The van der Waals surface area contributed by atoms with Crippen molar-refractivity contribution in [2.24, 2.45) is 0 Å². The third-order valence-electron chi connectivity index (χ3n) is 2.05. The molecule has 0 aliphatic heterocycles. The Kier molecular flexibility index (Phi) is 4.28. The Morgan fingerprint density at radius 2 is 2.06 bits per heavy atom. The van der Waals surface area contributed by atoms with Crippen LogP contribution in [-0.4, -0.2) is 23.3 Å². The zero-order valence-electron chi connectivity index (χ0n) is 11.0. The Balaban J connectivity index is 2.83. The normalized spacial score (nSPS) is 11.6. The van der Waals surface area contributed by atoms with Crippen LogP contribution in [0.4, 0.5) is 0 Å². The number of aryl methyl sites for hydroxylation is 1. The van der Waals surface area contributed by atoms with Gasteiger partial charge in [0.15, 0.2) is 5.76 Å². The average Bonchev–Trinajstić information content (AvgIpc) is 2.56. The predicted molar refractivity (Wildman–Crippen MR) is 61.7 cm³/mol. The molecule has 0 amide bonds. The van der Waals surface area contributed by atoms with Gasteiger partial charge in [0.25, 0.3) is 0 Å². The lowest BCUT2D eigenvalue weighted by atomic mass is 10.2. The van der Waals surface area contributed by atoms with Gasteiger partial charge in [-0.25, -0.2) is 4.79 Å². The van der Waals surface area contributed by atoms with E-state index in [-0.39, 0.29) is 12.2 Å². The Hall–Kier alpha value is -1.36. The van der Waals surface area contributed by atoms with Gasteiger partial charge in [-0.15, -0.1) is 0 Å². The second-order valence-corrected chi connectivity index (χ2v) is 4.69. The largest absolute Gasteiger partial charge is 0.462 e. The monoisotopic (exact) mass is 241 g/mol. The van der Waals surface area contributed by atoms with Gasteiger partial charge in [-0.1, -0.05) is 5.16 Å². The van der Waals surface area contributed by atoms with Gasteiger partial charge >= 0.3 is 5.97 Å². The summed E-state index contributed by atoms with van der Waals surface area (Å²) in [7, 11) is 0. The van der Waals surface area contributed by atoms with E-state index in [1.165, 1.54) is 0 Å². The number of ether oxygens (including phenoxy) is 2. The van der Waals surface area contributed by atoms with Crippen LogP contribution in [0.15, 0.2) is 4.52 Å². The molecule has 5 heteroatoms. The molecule has 0 saturated heterocycles. The van der Waals surface area contributed by atoms with Crippen molar-refractivity contribution in [2.75, 3.05) is 6.61 Å². The molecule has 0 N–H and O–H groups in total. The molecule has 0 unspecified atom stereocenters. The maximum absolute atomic E-state index is 11.7. The zero-order valence-corrected chi connectivity index (χ0v) is 11.0. The van der Waals surface area contributed by atoms with E-state index in [1.54, 1.807) is 13.8 Å². The molecule has 0 saturated carbocycles. The van der Waals surface area contributed by atoms with Crippen molar-refractivity contribution in [3.63, 3.8) is 0 Å². The van der Waals surface area contributed by atoms with Crippen LogP contribution in [0.3, 0.4) is 0 Å². The smallest absolute Gasteiger partial charge is 0.343 e. The summed E-state index contributed by atoms with van der Waals surface area (Å²) in [5.41, 5.74) is 0.596. The van der Waals surface area contributed by atoms with Crippen LogP contribution in [0, 0.1) is 6.92 Å². The van der Waals surface area contributed by atoms with Crippen LogP contribution in [0.5, 0.6) is 0 Å². The van der Waals surface area contributed by atoms with Crippen LogP contribution in [0.2, 0.25) is 0 Å². The van der Waals surface area contributed by atoms with Crippen molar-refractivity contribution in [1.82, 2.24) is 5.16 Å². The quantitative estimate of drug-likeness (QED) is 0.758. The summed E-state index contributed by atoms with van der Waals surface area (Å²) in [6.07, 6.45) is 0. The zero-order chi connectivity index (χ0) is 13.1. The van der Waals surface area contributed by atoms with E-state index in [9.17, 15) is 4.79 Å². The Morgan fingerprint density at radius 3 is 2.59 bits per heavy atom. The maximum atomic E-state index is 11.7. The molecule has 17 heavy (non-hydrogen) atoms. The van der Waals surface area contributed by atoms with Gasteiger partial charge in [0, 0.05) is 0 Å². The first-order valence-electron chi connectivity index (χ1n) is 5.61. The highest BCUT2D eigenvalue weighted by Gasteiger charge is 2.23. The van der Waals surface area contributed by atoms with Gasteiger partial charge in [0.2, 0.25) is 0 Å². The van der Waals surface area contributed by atoms with Crippen LogP contribution in [0.25, 0.3) is 0 Å². The predicted octanol–water partition coefficient (Wildman–Crippen LogP) is 2.47. The Labute approximate surface area is 101 Å². The molecule has 0 atom stereocenters. The fourth-order valence-corrected chi connectivity index (χ4v) is 1.26. The van der Waals surface area contributed by atoms with E-state index >= 15 is 0 Å². The SMILES string of the molecule is CCOC(=O)c1c(C)noc1COC(C)(C)C. The lowest BCUT2D eigenvalue weighted by molar-refractivity contribution is -0.0248. The third kappa shape index (κ3) is 3.85. The molecule has 5 nitrogen and oxygen atoms in total. The summed E-state index contributed by atoms with van der Waals surface area (Å²) in [4.78, 5) is 11.7. The molecule has 0 fully saturated rings. The highest BCUT2D eigenvalue weighted by molar-refractivity contribution is 5.91. The van der Waals surface area contributed by atoms with Gasteiger partial charge in [0.05, 0.1) is 17.9 Å². The van der Waals surface area contributed by atoms with Crippen LogP contribution in [0.1, 0.15) is 49.5 Å². The number of hydrogen-bond donors (Lipinski definition) is 0. The summed E-state index contributed by atoms with van der Waals surface area (Å²) in [6, 6.07) is 0. The minimum Gasteiger partial charge on any atom is -0.462 e. The van der Waals surface area contributed by atoms with Gasteiger partial charge in [-0.2, -0.15) is 0 Å². The van der Waals surface area contributed by atoms with Crippen LogP contribution >= 0.6 is 0 Å². The van der Waals surface area contributed by atoms with Crippen molar-refractivity contribution in [2.45, 2.75) is 46.8 Å². The molecule has 1 aromatic heterocycles. The number of carbonyl (C=O) groups excluding carboxylic acids is 1. The second-order valence-electron chi connectivity index (χ2n) is 4.69. The summed E-state index contributed by atoms with van der Waals surface area (Å²) >= 11 is 0. The summed E-state index contributed by atoms with van der Waals surface area (Å²) in [6.45, 7) is 9.78. The van der Waals surface area contributed by atoms with E-state index in [2.05, 4.69) is 5.16 Å². The number of esters is 1. The molecule has 96 valence electrons. The van der Waals surface area contributed by atoms with Crippen molar-refractivity contribution in [3.05, 3.63) is 17.0 Å². The average molecular weight is 241 g/mol. The van der Waals surface area contributed by atoms with Gasteiger partial charge in [-0.3, -0.25) is 0 Å². The first-order valence-corrected chi connectivity index (χ1v) is 5.61.